The summed E-state index contributed by atoms with van der Waals surface area (Å²) in [4.78, 5) is 27.1. The molecule has 1 aliphatic heterocycles. The summed E-state index contributed by atoms with van der Waals surface area (Å²) in [6.07, 6.45) is 1.37. The average molecular weight is 406 g/mol. The highest BCUT2D eigenvalue weighted by Gasteiger charge is 2.31. The maximum atomic E-state index is 11.5. The van der Waals surface area contributed by atoms with E-state index in [9.17, 15) is 9.59 Å². The van der Waals surface area contributed by atoms with Gasteiger partial charge in [0, 0.05) is 5.56 Å². The van der Waals surface area contributed by atoms with Crippen molar-refractivity contribution in [2.75, 3.05) is 0 Å². The lowest BCUT2D eigenvalue weighted by molar-refractivity contribution is -0.135. The van der Waals surface area contributed by atoms with E-state index in [-0.39, 0.29) is 0 Å². The van der Waals surface area contributed by atoms with Crippen molar-refractivity contribution in [1.29, 1.82) is 0 Å². The van der Waals surface area contributed by atoms with E-state index in [0.29, 0.717) is 18.9 Å². The average Bonchev–Trinajstić information content (AvgIpc) is 3.28. The number of amides is 1. The number of alkyl carbamates (subject to hydrolysis) is 1. The lowest BCUT2D eigenvalue weighted by Gasteiger charge is -2.08. The number of cyclic esters (lactones) is 2. The van der Waals surface area contributed by atoms with Gasteiger partial charge in [-0.05, 0) is 56.0 Å². The quantitative estimate of drug-likeness (QED) is 0.446. The van der Waals surface area contributed by atoms with E-state index in [1.807, 2.05) is 61.5 Å². The van der Waals surface area contributed by atoms with Crippen LogP contribution in [-0.4, -0.2) is 23.1 Å². The second kappa shape index (κ2) is 8.82. The summed E-state index contributed by atoms with van der Waals surface area (Å²) in [5.41, 5.74) is 2.78. The number of ether oxygens (including phenoxy) is 2. The molecule has 1 aromatic heterocycles. The van der Waals surface area contributed by atoms with Crippen molar-refractivity contribution in [3.8, 4) is 17.2 Å². The first-order chi connectivity index (χ1) is 14.6. The van der Waals surface area contributed by atoms with Crippen LogP contribution in [0.15, 0.2) is 59.0 Å². The van der Waals surface area contributed by atoms with E-state index >= 15 is 0 Å². The van der Waals surface area contributed by atoms with Gasteiger partial charge >= 0.3 is 12.1 Å². The van der Waals surface area contributed by atoms with Gasteiger partial charge in [0.1, 0.15) is 29.9 Å². The summed E-state index contributed by atoms with van der Waals surface area (Å²) in [5.74, 6) is 1.55. The van der Waals surface area contributed by atoms with Crippen molar-refractivity contribution in [2.24, 2.45) is 0 Å². The van der Waals surface area contributed by atoms with Gasteiger partial charge in [0.05, 0.1) is 0 Å². The zero-order valence-electron chi connectivity index (χ0n) is 16.6. The first-order valence-electron chi connectivity index (χ1n) is 9.84. The molecule has 7 nitrogen and oxygen atoms in total. The van der Waals surface area contributed by atoms with Crippen molar-refractivity contribution in [2.45, 2.75) is 38.8 Å². The van der Waals surface area contributed by atoms with Gasteiger partial charge in [-0.15, -0.1) is 0 Å². The number of nitrogens with one attached hydrogen (secondary N) is 1. The van der Waals surface area contributed by atoms with Crippen molar-refractivity contribution >= 4 is 12.1 Å². The van der Waals surface area contributed by atoms with E-state index in [1.54, 1.807) is 0 Å². The second-order valence-corrected chi connectivity index (χ2v) is 7.12. The van der Waals surface area contributed by atoms with Gasteiger partial charge in [-0.1, -0.05) is 30.3 Å². The van der Waals surface area contributed by atoms with Gasteiger partial charge in [0.15, 0.2) is 0 Å². The van der Waals surface area contributed by atoms with Crippen molar-refractivity contribution < 1.29 is 23.5 Å². The highest BCUT2D eigenvalue weighted by Crippen LogP contribution is 2.23. The lowest BCUT2D eigenvalue weighted by atomic mass is 10.0. The number of aryl methyl sites for hydroxylation is 2. The number of carbonyl (C=O) groups is 2. The number of hydrogen-bond acceptors (Lipinski definition) is 6. The van der Waals surface area contributed by atoms with E-state index in [1.165, 1.54) is 0 Å². The van der Waals surface area contributed by atoms with Crippen LogP contribution in [0.5, 0.6) is 5.75 Å². The molecule has 0 spiro atoms. The van der Waals surface area contributed by atoms with Crippen LogP contribution in [0, 0.1) is 6.92 Å². The lowest BCUT2D eigenvalue weighted by Crippen LogP contribution is -2.28. The molecule has 1 unspecified atom stereocenters. The Kier molecular flexibility index (Phi) is 5.79. The van der Waals surface area contributed by atoms with Crippen molar-refractivity contribution in [3.05, 3.63) is 71.6 Å². The predicted molar refractivity (Wildman–Crippen MR) is 109 cm³/mol. The summed E-state index contributed by atoms with van der Waals surface area (Å²) >= 11 is 0. The fourth-order valence-corrected chi connectivity index (χ4v) is 3.30. The SMILES string of the molecule is Cc1oc(-c2ccccc2)nc1COc1cccc(CCCC2NC(=O)OC2=O)c1. The third-order valence-corrected chi connectivity index (χ3v) is 4.92. The molecule has 1 atom stereocenters. The number of aromatic nitrogens is 1. The minimum absolute atomic E-state index is 0.311. The molecule has 2 aromatic carbocycles. The molecule has 1 amide bonds. The maximum absolute atomic E-state index is 11.5. The smallest absolute Gasteiger partial charge is 0.415 e. The standard InChI is InChI=1S/C23H22N2O5/c1-15-20(24-21(29-15)17-9-3-2-4-10-17)14-28-18-11-5-7-16(13-18)8-6-12-19-22(26)30-23(27)25-19/h2-5,7,9-11,13,19H,6,8,12,14H2,1H3,(H,25,27). The van der Waals surface area contributed by atoms with Crippen LogP contribution in [0.1, 0.15) is 29.9 Å². The van der Waals surface area contributed by atoms with Crippen LogP contribution in [0.2, 0.25) is 0 Å². The van der Waals surface area contributed by atoms with Crippen LogP contribution >= 0.6 is 0 Å². The third kappa shape index (κ3) is 4.68. The molecule has 2 heterocycles. The van der Waals surface area contributed by atoms with Gasteiger partial charge in [-0.2, -0.15) is 0 Å². The van der Waals surface area contributed by atoms with Crippen LogP contribution in [0.3, 0.4) is 0 Å². The molecule has 0 bridgehead atoms. The monoisotopic (exact) mass is 406 g/mol. The van der Waals surface area contributed by atoms with Crippen LogP contribution in [0.4, 0.5) is 4.79 Å². The van der Waals surface area contributed by atoms with Crippen molar-refractivity contribution in [1.82, 2.24) is 10.3 Å². The Morgan fingerprint density at radius 2 is 1.93 bits per heavy atom. The predicted octanol–water partition coefficient (Wildman–Crippen LogP) is 4.19. The highest BCUT2D eigenvalue weighted by molar-refractivity contribution is 5.95. The Bertz CT molecular complexity index is 1040. The van der Waals surface area contributed by atoms with Gasteiger partial charge in [0.2, 0.25) is 5.89 Å². The molecule has 0 saturated carbocycles. The summed E-state index contributed by atoms with van der Waals surface area (Å²) in [7, 11) is 0. The molecule has 1 N–H and O–H groups in total. The second-order valence-electron chi connectivity index (χ2n) is 7.12. The largest absolute Gasteiger partial charge is 0.487 e. The van der Waals surface area contributed by atoms with Crippen LogP contribution in [0.25, 0.3) is 11.5 Å². The number of oxazole rings is 1. The van der Waals surface area contributed by atoms with E-state index in [0.717, 1.165) is 41.2 Å². The third-order valence-electron chi connectivity index (χ3n) is 4.92. The molecule has 3 aromatic rings. The number of benzene rings is 2. The van der Waals surface area contributed by atoms with Gasteiger partial charge in [0.25, 0.3) is 0 Å². The first-order valence-corrected chi connectivity index (χ1v) is 9.84. The molecule has 1 fully saturated rings. The Morgan fingerprint density at radius 3 is 2.70 bits per heavy atom. The summed E-state index contributed by atoms with van der Waals surface area (Å²) in [5, 5.41) is 2.51. The molecule has 1 saturated heterocycles. The van der Waals surface area contributed by atoms with E-state index in [2.05, 4.69) is 15.0 Å². The minimum Gasteiger partial charge on any atom is -0.487 e. The first kappa shape index (κ1) is 19.7. The summed E-state index contributed by atoms with van der Waals surface area (Å²) < 4.78 is 16.2. The molecule has 1 aliphatic rings. The van der Waals surface area contributed by atoms with Gasteiger partial charge in [-0.3, -0.25) is 0 Å². The Labute approximate surface area is 174 Å². The molecule has 0 radical (unpaired) electrons. The zero-order chi connectivity index (χ0) is 20.9. The summed E-state index contributed by atoms with van der Waals surface area (Å²) in [6, 6.07) is 17.0. The molecule has 154 valence electrons. The normalized spacial score (nSPS) is 15.7. The fourth-order valence-electron chi connectivity index (χ4n) is 3.30. The van der Waals surface area contributed by atoms with Gasteiger partial charge in [-0.25, -0.2) is 14.6 Å². The Balaban J connectivity index is 1.32. The molecule has 0 aliphatic carbocycles. The maximum Gasteiger partial charge on any atom is 0.415 e. The number of hydrogen-bond donors (Lipinski definition) is 1. The topological polar surface area (TPSA) is 90.7 Å². The van der Waals surface area contributed by atoms with Crippen molar-refractivity contribution in [3.63, 3.8) is 0 Å². The molecule has 30 heavy (non-hydrogen) atoms. The van der Waals surface area contributed by atoms with Gasteiger partial charge < -0.3 is 19.2 Å². The molecule has 4 rings (SSSR count). The highest BCUT2D eigenvalue weighted by atomic mass is 16.6. The number of nitrogens with zero attached hydrogens (tertiary/aromatic N) is 1. The number of carbonyl (C=O) groups excluding carboxylic acids is 2. The molecular formula is C23H22N2O5. The van der Waals surface area contributed by atoms with Crippen LogP contribution < -0.4 is 10.1 Å². The fraction of sp³-hybridized carbons (Fsp3) is 0.261. The minimum atomic E-state index is -0.668. The summed E-state index contributed by atoms with van der Waals surface area (Å²) in [6.45, 7) is 2.19. The Morgan fingerprint density at radius 1 is 1.10 bits per heavy atom. The molecular weight excluding hydrogens is 384 g/mol. The van der Waals surface area contributed by atoms with E-state index in [4.69, 9.17) is 9.15 Å². The molecule has 7 heteroatoms. The number of rotatable bonds is 8. The van der Waals surface area contributed by atoms with E-state index < -0.39 is 18.1 Å². The van der Waals surface area contributed by atoms with Crippen LogP contribution in [-0.2, 0) is 22.6 Å². The number of esters is 1. The zero-order valence-corrected chi connectivity index (χ0v) is 16.6. The Hall–Kier alpha value is -3.61.